The highest BCUT2D eigenvalue weighted by atomic mass is 19.3. The number of halogens is 7. The monoisotopic (exact) mass is 646 g/mol. The number of ether oxygens (including phenoxy) is 2. The number of aryl methyl sites for hydroxylation is 1. The Morgan fingerprint density at radius 1 is 0.756 bits per heavy atom. The fourth-order valence-electron chi connectivity index (χ4n) is 6.06. The maximum absolute atomic E-state index is 15.5. The number of hydrogen-bond acceptors (Lipinski definition) is 2. The van der Waals surface area contributed by atoms with Crippen molar-refractivity contribution >= 4 is 0 Å². The van der Waals surface area contributed by atoms with Gasteiger partial charge < -0.3 is 9.47 Å². The van der Waals surface area contributed by atoms with E-state index in [1.165, 1.54) is 0 Å². The number of benzene rings is 2. The predicted molar refractivity (Wildman–Crippen MR) is 165 cm³/mol. The maximum atomic E-state index is 15.5. The Hall–Kier alpha value is -2.29. The lowest BCUT2D eigenvalue weighted by Gasteiger charge is -2.34. The molecule has 2 aromatic carbocycles. The molecule has 45 heavy (non-hydrogen) atoms. The Bertz CT molecular complexity index is 1190. The van der Waals surface area contributed by atoms with Crippen molar-refractivity contribution in [2.24, 2.45) is 5.92 Å². The normalized spacial score (nSPS) is 16.5. The van der Waals surface area contributed by atoms with Gasteiger partial charge in [0.1, 0.15) is 12.8 Å². The van der Waals surface area contributed by atoms with E-state index in [-0.39, 0.29) is 31.2 Å². The van der Waals surface area contributed by atoms with Gasteiger partial charge in [0.2, 0.25) is 5.82 Å². The van der Waals surface area contributed by atoms with E-state index in [9.17, 15) is 8.78 Å². The first-order valence-corrected chi connectivity index (χ1v) is 16.8. The molecule has 2 aromatic rings. The van der Waals surface area contributed by atoms with Crippen molar-refractivity contribution in [3.63, 3.8) is 0 Å². The van der Waals surface area contributed by atoms with E-state index >= 15 is 22.0 Å². The second kappa shape index (κ2) is 18.8. The van der Waals surface area contributed by atoms with Crippen LogP contribution in [0.5, 0.6) is 5.75 Å². The molecule has 254 valence electrons. The highest BCUT2D eigenvalue weighted by Gasteiger charge is 2.48. The molecule has 2 unspecified atom stereocenters. The molecule has 1 aliphatic rings. The Kier molecular flexibility index (Phi) is 15.5. The average Bonchev–Trinajstić information content (AvgIpc) is 3.01. The molecule has 0 spiro atoms. The Morgan fingerprint density at radius 2 is 1.38 bits per heavy atom. The second-order valence-corrected chi connectivity index (χ2v) is 12.3. The van der Waals surface area contributed by atoms with Crippen molar-refractivity contribution in [3.05, 3.63) is 52.6 Å². The van der Waals surface area contributed by atoms with Crippen LogP contribution in [0.2, 0.25) is 0 Å². The quantitative estimate of drug-likeness (QED) is 0.0992. The molecule has 0 bridgehead atoms. The lowest BCUT2D eigenvalue weighted by molar-refractivity contribution is -0.0823. The molecule has 0 radical (unpaired) electrons. The van der Waals surface area contributed by atoms with Crippen LogP contribution in [0.15, 0.2) is 18.2 Å². The van der Waals surface area contributed by atoms with Crippen LogP contribution >= 0.6 is 0 Å². The smallest absolute Gasteiger partial charge is 0.279 e. The summed E-state index contributed by atoms with van der Waals surface area (Å²) in [6.07, 6.45) is 10.2. The molecule has 2 nitrogen and oxygen atoms in total. The number of fused-ring (bicyclic) bond motifs is 1. The number of unbranched alkanes of at least 4 members (excludes halogenated alkanes) is 9. The van der Waals surface area contributed by atoms with Crippen molar-refractivity contribution in [1.82, 2.24) is 0 Å². The zero-order chi connectivity index (χ0) is 32.8. The summed E-state index contributed by atoms with van der Waals surface area (Å²) in [4.78, 5) is 0. The maximum Gasteiger partial charge on any atom is 0.279 e. The largest absolute Gasteiger partial charge is 0.487 e. The molecule has 0 amide bonds. The van der Waals surface area contributed by atoms with Crippen molar-refractivity contribution < 1.29 is 40.2 Å². The summed E-state index contributed by atoms with van der Waals surface area (Å²) in [5.74, 6) is -11.7. The summed E-state index contributed by atoms with van der Waals surface area (Å²) in [5.41, 5.74) is -2.39. The molecular formula is C36H49F7O2. The summed E-state index contributed by atoms with van der Waals surface area (Å²) >= 11 is 0. The first-order chi connectivity index (χ1) is 21.6. The first kappa shape index (κ1) is 37.2. The second-order valence-electron chi connectivity index (χ2n) is 12.3. The Labute approximate surface area is 264 Å². The average molecular weight is 647 g/mol. The molecule has 2 atom stereocenters. The summed E-state index contributed by atoms with van der Waals surface area (Å²) in [7, 11) is 0. The number of alkyl halides is 3. The van der Waals surface area contributed by atoms with Crippen LogP contribution in [0.3, 0.4) is 0 Å². The van der Waals surface area contributed by atoms with Crippen LogP contribution < -0.4 is 4.74 Å². The van der Waals surface area contributed by atoms with Crippen LogP contribution in [0, 0.1) is 29.2 Å². The van der Waals surface area contributed by atoms with Crippen LogP contribution in [0.4, 0.5) is 30.7 Å². The molecule has 0 fully saturated rings. The van der Waals surface area contributed by atoms with E-state index in [4.69, 9.17) is 9.47 Å². The molecule has 0 saturated carbocycles. The lowest BCUT2D eigenvalue weighted by atomic mass is 9.77. The van der Waals surface area contributed by atoms with Gasteiger partial charge in [-0.1, -0.05) is 78.1 Å². The molecular weight excluding hydrogens is 597 g/mol. The van der Waals surface area contributed by atoms with Gasteiger partial charge in [0, 0.05) is 30.3 Å². The lowest BCUT2D eigenvalue weighted by Crippen LogP contribution is -2.33. The summed E-state index contributed by atoms with van der Waals surface area (Å²) in [6, 6.07) is 3.00. The van der Waals surface area contributed by atoms with E-state index in [0.29, 0.717) is 32.5 Å². The topological polar surface area (TPSA) is 18.5 Å². The van der Waals surface area contributed by atoms with E-state index < -0.39 is 70.3 Å². The van der Waals surface area contributed by atoms with Crippen LogP contribution in [-0.2, 0) is 17.1 Å². The molecule has 0 saturated heterocycles. The zero-order valence-corrected chi connectivity index (χ0v) is 26.8. The fraction of sp³-hybridized carbons (Fsp3) is 0.667. The molecule has 9 heteroatoms. The van der Waals surface area contributed by atoms with Crippen molar-refractivity contribution in [2.75, 3.05) is 19.8 Å². The SMILES string of the molecule is CCCCCCCCC(F)COc1ccc(-c2cc3c(c(F)c2F)C(F)(F)C(CCCCCOCCCCC)CC3)c(F)c1F. The van der Waals surface area contributed by atoms with E-state index in [1.807, 2.05) is 0 Å². The van der Waals surface area contributed by atoms with Crippen LogP contribution in [0.1, 0.15) is 121 Å². The minimum Gasteiger partial charge on any atom is -0.487 e. The number of hydrogen-bond donors (Lipinski definition) is 0. The van der Waals surface area contributed by atoms with Crippen molar-refractivity contribution in [1.29, 1.82) is 0 Å². The van der Waals surface area contributed by atoms with Gasteiger partial charge in [0.15, 0.2) is 23.2 Å². The van der Waals surface area contributed by atoms with E-state index in [1.54, 1.807) is 0 Å². The zero-order valence-electron chi connectivity index (χ0n) is 26.8. The van der Waals surface area contributed by atoms with Crippen molar-refractivity contribution in [3.8, 4) is 16.9 Å². The predicted octanol–water partition coefficient (Wildman–Crippen LogP) is 11.8. The van der Waals surface area contributed by atoms with E-state index in [0.717, 1.165) is 76.0 Å². The van der Waals surface area contributed by atoms with Gasteiger partial charge in [-0.3, -0.25) is 0 Å². The third-order valence-corrected chi connectivity index (χ3v) is 8.76. The highest BCUT2D eigenvalue weighted by molar-refractivity contribution is 5.68. The summed E-state index contributed by atoms with van der Waals surface area (Å²) in [5, 5.41) is 0. The molecule has 0 N–H and O–H groups in total. The first-order valence-electron chi connectivity index (χ1n) is 16.8. The summed E-state index contributed by atoms with van der Waals surface area (Å²) in [6.45, 7) is 4.99. The minimum absolute atomic E-state index is 0.0577. The molecule has 3 rings (SSSR count). The molecule has 0 heterocycles. The molecule has 0 aliphatic heterocycles. The molecule has 0 aromatic heterocycles. The van der Waals surface area contributed by atoms with Gasteiger partial charge in [0.05, 0.1) is 5.56 Å². The van der Waals surface area contributed by atoms with E-state index in [2.05, 4.69) is 13.8 Å². The van der Waals surface area contributed by atoms with Gasteiger partial charge in [0.25, 0.3) is 5.92 Å². The van der Waals surface area contributed by atoms with Crippen LogP contribution in [0.25, 0.3) is 11.1 Å². The highest BCUT2D eigenvalue weighted by Crippen LogP contribution is 2.49. The van der Waals surface area contributed by atoms with Gasteiger partial charge in [-0.05, 0) is 62.3 Å². The van der Waals surface area contributed by atoms with Gasteiger partial charge >= 0.3 is 0 Å². The Morgan fingerprint density at radius 3 is 2.11 bits per heavy atom. The number of rotatable bonds is 21. The van der Waals surface area contributed by atoms with Gasteiger partial charge in [-0.2, -0.15) is 4.39 Å². The fourth-order valence-corrected chi connectivity index (χ4v) is 6.06. The Balaban J connectivity index is 1.62. The standard InChI is InChI=1S/C36H49F7O2/c1-3-5-7-8-9-12-16-27(37)24-45-30-20-19-28(32(38)34(30)40)29-23-25-17-18-26(36(42,43)31(25)35(41)33(29)39)15-11-10-14-22-44-21-13-6-4-2/h19-20,23,26-27H,3-18,21-22,24H2,1-2H3. The minimum atomic E-state index is -3.60. The third kappa shape index (κ3) is 10.4. The molecule has 1 aliphatic carbocycles. The van der Waals surface area contributed by atoms with Gasteiger partial charge in [-0.15, -0.1) is 0 Å². The van der Waals surface area contributed by atoms with Crippen molar-refractivity contribution in [2.45, 2.75) is 129 Å². The summed E-state index contributed by atoms with van der Waals surface area (Å²) < 4.78 is 116. The van der Waals surface area contributed by atoms with Gasteiger partial charge in [-0.25, -0.2) is 26.3 Å². The van der Waals surface area contributed by atoms with Crippen LogP contribution in [-0.4, -0.2) is 26.0 Å². The third-order valence-electron chi connectivity index (χ3n) is 8.76.